The van der Waals surface area contributed by atoms with Gasteiger partial charge >= 0.3 is 0 Å². The van der Waals surface area contributed by atoms with Gasteiger partial charge in [-0.15, -0.1) is 11.3 Å². The number of nitrogens with zero attached hydrogens (tertiary/aromatic N) is 1. The largest absolute Gasteiger partial charge is 0.326 e. The molecule has 1 aromatic carbocycles. The number of nitrogens with two attached hydrogens (primary N) is 1. The van der Waals surface area contributed by atoms with Gasteiger partial charge in [-0.3, -0.25) is 0 Å². The molecule has 0 fully saturated rings. The molecular weight excluding hydrogens is 294 g/mol. The normalized spacial score (nSPS) is 11.7. The molecule has 1 heterocycles. The minimum absolute atomic E-state index is 0.246. The highest BCUT2D eigenvalue weighted by molar-refractivity contribution is 7.89. The van der Waals surface area contributed by atoms with Crippen molar-refractivity contribution in [3.8, 4) is 0 Å². The highest BCUT2D eigenvalue weighted by atomic mass is 32.2. The second kappa shape index (κ2) is 6.45. The van der Waals surface area contributed by atoms with Crippen molar-refractivity contribution in [2.45, 2.75) is 24.8 Å². The van der Waals surface area contributed by atoms with E-state index in [1.807, 2.05) is 12.3 Å². The van der Waals surface area contributed by atoms with Crippen LogP contribution in [0.15, 0.2) is 34.5 Å². The molecule has 0 unspecified atom stereocenters. The van der Waals surface area contributed by atoms with E-state index in [9.17, 15) is 8.42 Å². The highest BCUT2D eigenvalue weighted by Gasteiger charge is 2.13. The smallest absolute Gasteiger partial charge is 0.240 e. The second-order valence-corrected chi connectivity index (χ2v) is 7.09. The van der Waals surface area contributed by atoms with Crippen LogP contribution in [-0.2, 0) is 23.0 Å². The van der Waals surface area contributed by atoms with Crippen LogP contribution in [-0.4, -0.2) is 19.9 Å². The zero-order valence-corrected chi connectivity index (χ0v) is 12.8. The summed E-state index contributed by atoms with van der Waals surface area (Å²) in [5, 5.41) is 2.88. The first-order valence-corrected chi connectivity index (χ1v) is 8.57. The Hall–Kier alpha value is -1.28. The van der Waals surface area contributed by atoms with Crippen LogP contribution < -0.4 is 10.5 Å². The van der Waals surface area contributed by atoms with Gasteiger partial charge in [0.2, 0.25) is 10.0 Å². The minimum atomic E-state index is -3.48. The van der Waals surface area contributed by atoms with Crippen molar-refractivity contribution in [1.29, 1.82) is 0 Å². The summed E-state index contributed by atoms with van der Waals surface area (Å²) < 4.78 is 26.8. The highest BCUT2D eigenvalue weighted by Crippen LogP contribution is 2.12. The van der Waals surface area contributed by atoms with Crippen LogP contribution in [0.25, 0.3) is 0 Å². The van der Waals surface area contributed by atoms with Crippen LogP contribution in [0.1, 0.15) is 16.3 Å². The summed E-state index contributed by atoms with van der Waals surface area (Å²) in [5.74, 6) is 0. The molecule has 0 saturated heterocycles. The van der Waals surface area contributed by atoms with Crippen molar-refractivity contribution < 1.29 is 8.42 Å². The predicted octanol–water partition coefficient (Wildman–Crippen LogP) is 1.43. The number of benzene rings is 1. The lowest BCUT2D eigenvalue weighted by Gasteiger charge is -2.07. The predicted molar refractivity (Wildman–Crippen MR) is 80.1 cm³/mol. The summed E-state index contributed by atoms with van der Waals surface area (Å²) in [5.41, 5.74) is 7.27. The summed E-state index contributed by atoms with van der Waals surface area (Å²) in [6.07, 6.45) is 0.592. The summed E-state index contributed by atoms with van der Waals surface area (Å²) >= 11 is 1.54. The maximum absolute atomic E-state index is 12.1. The monoisotopic (exact) mass is 311 g/mol. The van der Waals surface area contributed by atoms with Gasteiger partial charge in [0, 0.05) is 30.6 Å². The molecule has 0 saturated carbocycles. The number of aromatic nitrogens is 1. The van der Waals surface area contributed by atoms with E-state index < -0.39 is 10.0 Å². The molecule has 3 N–H and O–H groups in total. The second-order valence-electron chi connectivity index (χ2n) is 4.38. The quantitative estimate of drug-likeness (QED) is 0.845. The maximum Gasteiger partial charge on any atom is 0.240 e. The Morgan fingerprint density at radius 3 is 2.85 bits per heavy atom. The number of rotatable bonds is 6. The molecule has 0 bridgehead atoms. The van der Waals surface area contributed by atoms with Gasteiger partial charge < -0.3 is 5.73 Å². The minimum Gasteiger partial charge on any atom is -0.326 e. The Kier molecular flexibility index (Phi) is 4.87. The van der Waals surface area contributed by atoms with E-state index in [0.29, 0.717) is 19.5 Å². The van der Waals surface area contributed by atoms with Crippen molar-refractivity contribution in [2.24, 2.45) is 5.73 Å². The average Bonchev–Trinajstić information content (AvgIpc) is 2.84. The third kappa shape index (κ3) is 3.86. The number of nitrogens with one attached hydrogen (secondary N) is 1. The first-order valence-electron chi connectivity index (χ1n) is 6.21. The number of thiazole rings is 1. The summed E-state index contributed by atoms with van der Waals surface area (Å²) in [7, 11) is -3.48. The molecule has 0 aliphatic heterocycles. The molecule has 108 valence electrons. The molecular formula is C13H17N3O2S2. The molecule has 0 radical (unpaired) electrons. The van der Waals surface area contributed by atoms with Crippen LogP contribution in [0.5, 0.6) is 0 Å². The SMILES string of the molecule is Cc1csc(CCNS(=O)(=O)c2cccc(CN)c2)n1. The van der Waals surface area contributed by atoms with Crippen molar-refractivity contribution in [3.63, 3.8) is 0 Å². The zero-order chi connectivity index (χ0) is 14.6. The van der Waals surface area contributed by atoms with Crippen LogP contribution in [0, 0.1) is 6.92 Å². The molecule has 20 heavy (non-hydrogen) atoms. The van der Waals surface area contributed by atoms with Gasteiger partial charge in [0.25, 0.3) is 0 Å². The van der Waals surface area contributed by atoms with Gasteiger partial charge in [-0.1, -0.05) is 12.1 Å². The number of hydrogen-bond acceptors (Lipinski definition) is 5. The fraction of sp³-hybridized carbons (Fsp3) is 0.308. The van der Waals surface area contributed by atoms with Crippen molar-refractivity contribution in [1.82, 2.24) is 9.71 Å². The number of aryl methyl sites for hydroxylation is 1. The zero-order valence-electron chi connectivity index (χ0n) is 11.2. The Morgan fingerprint density at radius 1 is 1.40 bits per heavy atom. The fourth-order valence-corrected chi connectivity index (χ4v) is 3.61. The standard InChI is InChI=1S/C13H17N3O2S2/c1-10-9-19-13(16-10)5-6-15-20(17,18)12-4-2-3-11(7-12)8-14/h2-4,7,9,15H,5-6,8,14H2,1H3. The van der Waals surface area contributed by atoms with Crippen molar-refractivity contribution in [2.75, 3.05) is 6.54 Å². The Balaban J connectivity index is 2.00. The van der Waals surface area contributed by atoms with Crippen LogP contribution in [0.4, 0.5) is 0 Å². The summed E-state index contributed by atoms with van der Waals surface area (Å²) in [6, 6.07) is 6.66. The van der Waals surface area contributed by atoms with E-state index in [1.54, 1.807) is 24.3 Å². The molecule has 7 heteroatoms. The van der Waals surface area contributed by atoms with E-state index in [0.717, 1.165) is 16.3 Å². The molecule has 0 spiro atoms. The van der Waals surface area contributed by atoms with Gasteiger partial charge in [-0.05, 0) is 24.6 Å². The third-order valence-corrected chi connectivity index (χ3v) is 5.23. The lowest BCUT2D eigenvalue weighted by Crippen LogP contribution is -2.26. The van der Waals surface area contributed by atoms with Crippen LogP contribution >= 0.6 is 11.3 Å². The first kappa shape index (κ1) is 15.1. The van der Waals surface area contributed by atoms with E-state index in [-0.39, 0.29) is 4.90 Å². The molecule has 5 nitrogen and oxygen atoms in total. The summed E-state index contributed by atoms with van der Waals surface area (Å²) in [4.78, 5) is 4.54. The molecule has 0 aliphatic carbocycles. The fourth-order valence-electron chi connectivity index (χ4n) is 1.73. The van der Waals surface area contributed by atoms with E-state index in [4.69, 9.17) is 5.73 Å². The molecule has 0 amide bonds. The molecule has 1 aromatic heterocycles. The Morgan fingerprint density at radius 2 is 2.20 bits per heavy atom. The number of hydrogen-bond donors (Lipinski definition) is 2. The topological polar surface area (TPSA) is 85.1 Å². The van der Waals surface area contributed by atoms with Crippen LogP contribution in [0.3, 0.4) is 0 Å². The lowest BCUT2D eigenvalue weighted by molar-refractivity contribution is 0.581. The Labute approximate surface area is 122 Å². The van der Waals surface area contributed by atoms with Crippen LogP contribution in [0.2, 0.25) is 0 Å². The van der Waals surface area contributed by atoms with Gasteiger partial charge in [-0.25, -0.2) is 18.1 Å². The third-order valence-electron chi connectivity index (χ3n) is 2.74. The molecule has 0 aliphatic rings. The van der Waals surface area contributed by atoms with Gasteiger partial charge in [0.15, 0.2) is 0 Å². The lowest BCUT2D eigenvalue weighted by atomic mass is 10.2. The van der Waals surface area contributed by atoms with E-state index >= 15 is 0 Å². The van der Waals surface area contributed by atoms with E-state index in [1.165, 1.54) is 11.3 Å². The molecule has 0 atom stereocenters. The Bertz CT molecular complexity index is 680. The van der Waals surface area contributed by atoms with Gasteiger partial charge in [0.05, 0.1) is 9.90 Å². The van der Waals surface area contributed by atoms with Crippen molar-refractivity contribution >= 4 is 21.4 Å². The van der Waals surface area contributed by atoms with E-state index in [2.05, 4.69) is 9.71 Å². The molecule has 2 aromatic rings. The van der Waals surface area contributed by atoms with Gasteiger partial charge in [-0.2, -0.15) is 0 Å². The average molecular weight is 311 g/mol. The maximum atomic E-state index is 12.1. The van der Waals surface area contributed by atoms with Gasteiger partial charge in [0.1, 0.15) is 0 Å². The summed E-state index contributed by atoms with van der Waals surface area (Å²) in [6.45, 7) is 2.58. The molecule has 2 rings (SSSR count). The van der Waals surface area contributed by atoms with Crippen molar-refractivity contribution in [3.05, 3.63) is 45.9 Å². The number of sulfonamides is 1. The first-order chi connectivity index (χ1) is 9.51.